The predicted octanol–water partition coefficient (Wildman–Crippen LogP) is -3.64. The van der Waals surface area contributed by atoms with Crippen molar-refractivity contribution in [1.82, 2.24) is 0 Å². The lowest BCUT2D eigenvalue weighted by Crippen LogP contribution is -3.00. The minimum Gasteiger partial charge on any atom is -1.00 e. The van der Waals surface area contributed by atoms with E-state index in [1.807, 2.05) is 0 Å². The van der Waals surface area contributed by atoms with Crippen LogP contribution in [-0.2, 0) is 0 Å². The normalized spacial score (nSPS) is 11.6. The molecule has 0 fully saturated rings. The fourth-order valence-electron chi connectivity index (χ4n) is 1.70. The standard InChI is InChI=1S/C13H32N2.2HI/c1-14(2,3)12-10-8-7-9-11-13-15(4,5)6;;/h7-13H2,1-6H3;2*1H/q+2;;/p-2. The summed E-state index contributed by atoms with van der Waals surface area (Å²) in [6.07, 6.45) is 7.00. The van der Waals surface area contributed by atoms with Crippen molar-refractivity contribution >= 4 is 0 Å². The second-order valence-electron chi connectivity index (χ2n) is 6.80. The number of hydrogen-bond acceptors (Lipinski definition) is 0. The van der Waals surface area contributed by atoms with Crippen LogP contribution in [0.25, 0.3) is 0 Å². The van der Waals surface area contributed by atoms with Gasteiger partial charge in [0.25, 0.3) is 0 Å². The molecule has 0 saturated carbocycles. The number of halogens is 2. The van der Waals surface area contributed by atoms with Gasteiger partial charge in [0.2, 0.25) is 0 Å². The van der Waals surface area contributed by atoms with Crippen LogP contribution >= 0.6 is 0 Å². The van der Waals surface area contributed by atoms with Crippen molar-refractivity contribution in [3.63, 3.8) is 0 Å². The maximum atomic E-state index is 2.27. The van der Waals surface area contributed by atoms with Crippen LogP contribution < -0.4 is 48.0 Å². The molecule has 0 aromatic rings. The lowest BCUT2D eigenvalue weighted by atomic mass is 10.1. The zero-order valence-corrected chi connectivity index (χ0v) is 16.9. The Hall–Kier alpha value is 1.38. The third-order valence-electron chi connectivity index (χ3n) is 2.66. The van der Waals surface area contributed by atoms with E-state index in [9.17, 15) is 0 Å². The molecule has 4 heteroatoms. The van der Waals surface area contributed by atoms with Gasteiger partial charge in [-0.1, -0.05) is 6.42 Å². The summed E-state index contributed by atoms with van der Waals surface area (Å²) in [6, 6.07) is 0. The Labute approximate surface area is 143 Å². The molecule has 0 unspecified atom stereocenters. The number of hydrogen-bond donors (Lipinski definition) is 0. The van der Waals surface area contributed by atoms with Crippen molar-refractivity contribution in [2.24, 2.45) is 0 Å². The molecular formula is C13H32I2N2. The molecule has 108 valence electrons. The van der Waals surface area contributed by atoms with Crippen molar-refractivity contribution in [3.8, 4) is 0 Å². The highest BCUT2D eigenvalue weighted by molar-refractivity contribution is 4.44. The summed E-state index contributed by atoms with van der Waals surface area (Å²) >= 11 is 0. The highest BCUT2D eigenvalue weighted by Crippen LogP contribution is 2.06. The first-order valence-electron chi connectivity index (χ1n) is 6.32. The minimum atomic E-state index is 0. The molecule has 0 spiro atoms. The first-order chi connectivity index (χ1) is 6.71. The predicted molar refractivity (Wildman–Crippen MR) is 68.9 cm³/mol. The summed E-state index contributed by atoms with van der Waals surface area (Å²) in [6.45, 7) is 2.63. The molecule has 0 N–H and O–H groups in total. The molecule has 0 aliphatic carbocycles. The molecule has 0 aromatic heterocycles. The number of rotatable bonds is 8. The van der Waals surface area contributed by atoms with Crippen molar-refractivity contribution in [1.29, 1.82) is 0 Å². The van der Waals surface area contributed by atoms with Crippen LogP contribution in [-0.4, -0.2) is 64.3 Å². The van der Waals surface area contributed by atoms with Crippen molar-refractivity contribution in [2.45, 2.75) is 32.1 Å². The Bertz CT molecular complexity index is 142. The van der Waals surface area contributed by atoms with Crippen molar-refractivity contribution in [3.05, 3.63) is 0 Å². The average molecular weight is 470 g/mol. The monoisotopic (exact) mass is 470 g/mol. The smallest absolute Gasteiger partial charge is 0.0780 e. The van der Waals surface area contributed by atoms with E-state index >= 15 is 0 Å². The van der Waals surface area contributed by atoms with E-state index in [1.165, 1.54) is 45.2 Å². The van der Waals surface area contributed by atoms with E-state index in [0.717, 1.165) is 8.97 Å². The molecular weight excluding hydrogens is 438 g/mol. The first kappa shape index (κ1) is 23.5. The second-order valence-corrected chi connectivity index (χ2v) is 6.80. The second kappa shape index (κ2) is 11.2. The van der Waals surface area contributed by atoms with E-state index in [-0.39, 0.29) is 48.0 Å². The van der Waals surface area contributed by atoms with Gasteiger partial charge in [0.1, 0.15) is 0 Å². The van der Waals surface area contributed by atoms with Gasteiger partial charge in [-0.25, -0.2) is 0 Å². The van der Waals surface area contributed by atoms with Gasteiger partial charge in [0, 0.05) is 0 Å². The van der Waals surface area contributed by atoms with Crippen LogP contribution in [0.5, 0.6) is 0 Å². The van der Waals surface area contributed by atoms with Crippen LogP contribution in [0.4, 0.5) is 0 Å². The highest BCUT2D eigenvalue weighted by atomic mass is 127. The molecule has 0 radical (unpaired) electrons. The van der Waals surface area contributed by atoms with Crippen LogP contribution in [0.3, 0.4) is 0 Å². The summed E-state index contributed by atoms with van der Waals surface area (Å²) in [7, 11) is 13.6. The van der Waals surface area contributed by atoms with Gasteiger partial charge in [-0.05, 0) is 25.7 Å². The van der Waals surface area contributed by atoms with E-state index in [2.05, 4.69) is 42.3 Å². The van der Waals surface area contributed by atoms with Crippen LogP contribution in [0.15, 0.2) is 0 Å². The minimum absolute atomic E-state index is 0. The maximum Gasteiger partial charge on any atom is 0.0780 e. The van der Waals surface area contributed by atoms with E-state index in [1.54, 1.807) is 0 Å². The van der Waals surface area contributed by atoms with Crippen LogP contribution in [0.2, 0.25) is 0 Å². The molecule has 0 amide bonds. The van der Waals surface area contributed by atoms with Gasteiger partial charge in [-0.15, -0.1) is 0 Å². The maximum absolute atomic E-state index is 2.27. The third-order valence-corrected chi connectivity index (χ3v) is 2.66. The molecule has 0 aliphatic heterocycles. The summed E-state index contributed by atoms with van der Waals surface area (Å²) in [5.41, 5.74) is 0. The fourth-order valence-corrected chi connectivity index (χ4v) is 1.70. The average Bonchev–Trinajstić information content (AvgIpc) is 1.98. The zero-order valence-electron chi connectivity index (χ0n) is 12.6. The van der Waals surface area contributed by atoms with Crippen molar-refractivity contribution < 1.29 is 56.9 Å². The Balaban J connectivity index is -0.000000980. The summed E-state index contributed by atoms with van der Waals surface area (Å²) in [4.78, 5) is 0. The Morgan fingerprint density at radius 1 is 0.471 bits per heavy atom. The lowest BCUT2D eigenvalue weighted by molar-refractivity contribution is -0.870. The van der Waals surface area contributed by atoms with Crippen LogP contribution in [0, 0.1) is 0 Å². The Kier molecular flexibility index (Phi) is 15.5. The lowest BCUT2D eigenvalue weighted by Gasteiger charge is -2.24. The Morgan fingerprint density at radius 2 is 0.706 bits per heavy atom. The SMILES string of the molecule is C[N+](C)(C)CCCCCCC[N+](C)(C)C.[I-].[I-]. The first-order valence-corrected chi connectivity index (χ1v) is 6.32. The zero-order chi connectivity index (χ0) is 11.9. The quantitative estimate of drug-likeness (QED) is 0.195. The molecule has 0 aromatic carbocycles. The van der Waals surface area contributed by atoms with Gasteiger partial charge >= 0.3 is 0 Å². The summed E-state index contributed by atoms with van der Waals surface area (Å²) in [5.74, 6) is 0. The topological polar surface area (TPSA) is 0 Å². The molecule has 0 bridgehead atoms. The van der Waals surface area contributed by atoms with Crippen molar-refractivity contribution in [2.75, 3.05) is 55.4 Å². The summed E-state index contributed by atoms with van der Waals surface area (Å²) < 4.78 is 2.22. The van der Waals surface area contributed by atoms with Gasteiger partial charge in [-0.2, -0.15) is 0 Å². The van der Waals surface area contributed by atoms with E-state index in [0.29, 0.717) is 0 Å². The van der Waals surface area contributed by atoms with Gasteiger partial charge in [0.15, 0.2) is 0 Å². The molecule has 2 nitrogen and oxygen atoms in total. The largest absolute Gasteiger partial charge is 1.00 e. The van der Waals surface area contributed by atoms with Gasteiger partial charge in [0.05, 0.1) is 55.4 Å². The van der Waals surface area contributed by atoms with Gasteiger partial charge in [-0.3, -0.25) is 0 Å². The van der Waals surface area contributed by atoms with Gasteiger partial charge < -0.3 is 56.9 Å². The summed E-state index contributed by atoms with van der Waals surface area (Å²) in [5, 5.41) is 0. The number of unbranched alkanes of at least 4 members (excludes halogenated alkanes) is 4. The third kappa shape index (κ3) is 23.0. The molecule has 0 heterocycles. The number of nitrogens with zero attached hydrogens (tertiary/aromatic N) is 2. The highest BCUT2D eigenvalue weighted by Gasteiger charge is 2.07. The molecule has 0 aliphatic rings. The fraction of sp³-hybridized carbons (Fsp3) is 1.00. The van der Waals surface area contributed by atoms with Crippen LogP contribution in [0.1, 0.15) is 32.1 Å². The molecule has 0 rings (SSSR count). The van der Waals surface area contributed by atoms with E-state index in [4.69, 9.17) is 0 Å². The van der Waals surface area contributed by atoms with E-state index < -0.39 is 0 Å². The molecule has 0 saturated heterocycles. The number of quaternary nitrogens is 2. The molecule has 17 heavy (non-hydrogen) atoms. The Morgan fingerprint density at radius 3 is 0.941 bits per heavy atom. The molecule has 0 atom stereocenters.